The van der Waals surface area contributed by atoms with E-state index in [0.717, 1.165) is 16.6 Å². The van der Waals surface area contributed by atoms with E-state index in [1.54, 1.807) is 4.90 Å². The number of hydrogen-bond acceptors (Lipinski definition) is 3. The van der Waals surface area contributed by atoms with Crippen LogP contribution in [0.3, 0.4) is 0 Å². The average Bonchev–Trinajstić information content (AvgIpc) is 2.94. The highest BCUT2D eigenvalue weighted by molar-refractivity contribution is 9.09. The monoisotopic (exact) mass is 383 g/mol. The Labute approximate surface area is 146 Å². The number of carbonyl (C=O) groups is 1. The summed E-state index contributed by atoms with van der Waals surface area (Å²) in [7, 11) is 0. The Balaban J connectivity index is 2.25. The van der Waals surface area contributed by atoms with Gasteiger partial charge in [-0.3, -0.25) is 4.68 Å². The third kappa shape index (κ3) is 4.59. The molecule has 6 heteroatoms. The van der Waals surface area contributed by atoms with Gasteiger partial charge in [-0.1, -0.05) is 22.0 Å². The van der Waals surface area contributed by atoms with Gasteiger partial charge < -0.3 is 9.64 Å². The molecule has 1 aliphatic rings. The van der Waals surface area contributed by atoms with E-state index in [4.69, 9.17) is 4.74 Å². The first kappa shape index (κ1) is 18.0. The minimum absolute atomic E-state index is 0.260. The van der Waals surface area contributed by atoms with Crippen molar-refractivity contribution in [3.63, 3.8) is 0 Å². The molecule has 23 heavy (non-hydrogen) atoms. The molecule has 2 rings (SSSR count). The van der Waals surface area contributed by atoms with E-state index < -0.39 is 5.60 Å². The molecule has 1 atom stereocenters. The molecule has 1 aromatic rings. The average molecular weight is 384 g/mol. The minimum atomic E-state index is -0.484. The fourth-order valence-electron chi connectivity index (χ4n) is 2.65. The second-order valence-corrected chi connectivity index (χ2v) is 7.87. The summed E-state index contributed by atoms with van der Waals surface area (Å²) in [5.74, 6) is 0.266. The highest BCUT2D eigenvalue weighted by atomic mass is 79.9. The van der Waals surface area contributed by atoms with Gasteiger partial charge in [0.2, 0.25) is 0 Å². The fraction of sp³-hybridized carbons (Fsp3) is 0.647. The molecule has 0 N–H and O–H groups in total. The molecule has 0 aromatic carbocycles. The van der Waals surface area contributed by atoms with Crippen LogP contribution in [0.2, 0.25) is 0 Å². The summed E-state index contributed by atoms with van der Waals surface area (Å²) in [6, 6.07) is 2.29. The Morgan fingerprint density at radius 3 is 2.74 bits per heavy atom. The van der Waals surface area contributed by atoms with Gasteiger partial charge in [0.15, 0.2) is 0 Å². The summed E-state index contributed by atoms with van der Waals surface area (Å²) in [4.78, 5) is 14.2. The summed E-state index contributed by atoms with van der Waals surface area (Å²) in [5.41, 5.74) is 1.71. The maximum absolute atomic E-state index is 12.4. The number of carbonyl (C=O) groups excluding carboxylic acids is 1. The standard InChI is InChI=1S/C17H26BrN3O2/c1-12(2)21-15(6-7-19-21)14-8-13(9-18)10-20(11-14)16(22)23-17(3,4)5/h6-8,12-13H,9-11H2,1-5H3. The maximum Gasteiger partial charge on any atom is 0.410 e. The first-order valence-corrected chi connectivity index (χ1v) is 9.12. The van der Waals surface area contributed by atoms with Crippen LogP contribution in [0, 0.1) is 5.92 Å². The molecule has 1 unspecified atom stereocenters. The molecule has 1 aromatic heterocycles. The first-order valence-electron chi connectivity index (χ1n) is 7.99. The lowest BCUT2D eigenvalue weighted by Crippen LogP contribution is -2.42. The van der Waals surface area contributed by atoms with Crippen LogP contribution in [0.1, 0.15) is 46.4 Å². The smallest absolute Gasteiger partial charge is 0.410 e. The van der Waals surface area contributed by atoms with E-state index in [1.165, 1.54) is 0 Å². The number of halogens is 1. The van der Waals surface area contributed by atoms with Crippen LogP contribution < -0.4 is 0 Å². The van der Waals surface area contributed by atoms with Crippen molar-refractivity contribution >= 4 is 27.6 Å². The molecule has 0 bridgehead atoms. The third-order valence-corrected chi connectivity index (χ3v) is 4.42. The van der Waals surface area contributed by atoms with E-state index in [1.807, 2.05) is 37.7 Å². The van der Waals surface area contributed by atoms with Crippen molar-refractivity contribution in [2.75, 3.05) is 18.4 Å². The Kier molecular flexibility index (Phi) is 5.55. The topological polar surface area (TPSA) is 47.4 Å². The summed E-state index contributed by atoms with van der Waals surface area (Å²) < 4.78 is 7.53. The molecule has 0 fully saturated rings. The Bertz CT molecular complexity index is 587. The van der Waals surface area contributed by atoms with E-state index in [9.17, 15) is 4.79 Å². The molecule has 5 nitrogen and oxygen atoms in total. The van der Waals surface area contributed by atoms with Crippen molar-refractivity contribution in [3.8, 4) is 0 Å². The van der Waals surface area contributed by atoms with Crippen molar-refractivity contribution < 1.29 is 9.53 Å². The second kappa shape index (κ2) is 7.07. The number of nitrogens with zero attached hydrogens (tertiary/aromatic N) is 3. The van der Waals surface area contributed by atoms with E-state index in [2.05, 4.69) is 41.0 Å². The number of aromatic nitrogens is 2. The van der Waals surface area contributed by atoms with Gasteiger partial charge in [0, 0.05) is 30.0 Å². The molecule has 0 aliphatic carbocycles. The second-order valence-electron chi connectivity index (χ2n) is 7.22. The number of ether oxygens (including phenoxy) is 1. The molecule has 0 spiro atoms. The zero-order valence-corrected chi connectivity index (χ0v) is 16.1. The van der Waals surface area contributed by atoms with Gasteiger partial charge >= 0.3 is 6.09 Å². The molecule has 0 radical (unpaired) electrons. The molecular weight excluding hydrogens is 358 g/mol. The normalized spacial score (nSPS) is 19.0. The quantitative estimate of drug-likeness (QED) is 0.737. The van der Waals surface area contributed by atoms with Crippen LogP contribution in [-0.4, -0.2) is 44.8 Å². The summed E-state index contributed by atoms with van der Waals surface area (Å²) >= 11 is 3.54. The van der Waals surface area contributed by atoms with Crippen molar-refractivity contribution in [1.29, 1.82) is 0 Å². The van der Waals surface area contributed by atoms with Crippen molar-refractivity contribution in [3.05, 3.63) is 24.0 Å². The number of alkyl halides is 1. The Hall–Kier alpha value is -1.30. The van der Waals surface area contributed by atoms with Gasteiger partial charge in [-0.2, -0.15) is 5.10 Å². The van der Waals surface area contributed by atoms with E-state index in [0.29, 0.717) is 13.1 Å². The summed E-state index contributed by atoms with van der Waals surface area (Å²) in [5, 5.41) is 5.21. The highest BCUT2D eigenvalue weighted by Crippen LogP contribution is 2.27. The van der Waals surface area contributed by atoms with Crippen molar-refractivity contribution in [2.45, 2.75) is 46.3 Å². The third-order valence-electron chi connectivity index (χ3n) is 3.59. The van der Waals surface area contributed by atoms with Gasteiger partial charge in [0.1, 0.15) is 5.60 Å². The van der Waals surface area contributed by atoms with Crippen LogP contribution >= 0.6 is 15.9 Å². The molecule has 1 amide bonds. The van der Waals surface area contributed by atoms with Gasteiger partial charge in [-0.25, -0.2) is 4.79 Å². The Morgan fingerprint density at radius 2 is 2.17 bits per heavy atom. The van der Waals surface area contributed by atoms with Crippen molar-refractivity contribution in [2.24, 2.45) is 5.92 Å². The largest absolute Gasteiger partial charge is 0.444 e. The number of amides is 1. The molecule has 0 saturated carbocycles. The molecule has 2 heterocycles. The van der Waals surface area contributed by atoms with Gasteiger partial charge in [0.25, 0.3) is 0 Å². The molecule has 0 saturated heterocycles. The van der Waals surface area contributed by atoms with Crippen LogP contribution in [-0.2, 0) is 4.74 Å². The van der Waals surface area contributed by atoms with Crippen molar-refractivity contribution in [1.82, 2.24) is 14.7 Å². The lowest BCUT2D eigenvalue weighted by Gasteiger charge is -2.33. The summed E-state index contributed by atoms with van der Waals surface area (Å²) in [6.45, 7) is 11.1. The maximum atomic E-state index is 12.4. The zero-order chi connectivity index (χ0) is 17.2. The summed E-state index contributed by atoms with van der Waals surface area (Å²) in [6.07, 6.45) is 3.79. The lowest BCUT2D eigenvalue weighted by atomic mass is 9.99. The molecule has 1 aliphatic heterocycles. The predicted molar refractivity (Wildman–Crippen MR) is 95.7 cm³/mol. The van der Waals surface area contributed by atoms with E-state index in [-0.39, 0.29) is 18.1 Å². The van der Waals surface area contributed by atoms with Gasteiger partial charge in [0.05, 0.1) is 12.2 Å². The van der Waals surface area contributed by atoms with Gasteiger partial charge in [-0.05, 0) is 46.3 Å². The number of rotatable bonds is 3. The van der Waals surface area contributed by atoms with Crippen LogP contribution in [0.4, 0.5) is 4.79 Å². The predicted octanol–water partition coefficient (Wildman–Crippen LogP) is 4.11. The first-order chi connectivity index (χ1) is 10.7. The number of hydrogen-bond donors (Lipinski definition) is 0. The van der Waals surface area contributed by atoms with E-state index >= 15 is 0 Å². The van der Waals surface area contributed by atoms with Gasteiger partial charge in [-0.15, -0.1) is 0 Å². The fourth-order valence-corrected chi connectivity index (χ4v) is 3.04. The van der Waals surface area contributed by atoms with Crippen LogP contribution in [0.25, 0.3) is 5.57 Å². The zero-order valence-electron chi connectivity index (χ0n) is 14.5. The molecule has 128 valence electrons. The van der Waals surface area contributed by atoms with Crippen LogP contribution in [0.15, 0.2) is 18.3 Å². The minimum Gasteiger partial charge on any atom is -0.444 e. The molecular formula is C17H26BrN3O2. The highest BCUT2D eigenvalue weighted by Gasteiger charge is 2.29. The SMILES string of the molecule is CC(C)n1nccc1C1=CC(CBr)CN(C(=O)OC(C)(C)C)C1. The Morgan fingerprint density at radius 1 is 1.48 bits per heavy atom. The lowest BCUT2D eigenvalue weighted by molar-refractivity contribution is 0.0254. The van der Waals surface area contributed by atoms with Crippen LogP contribution in [0.5, 0.6) is 0 Å².